The van der Waals surface area contributed by atoms with Gasteiger partial charge in [0, 0.05) is 29.5 Å². The van der Waals surface area contributed by atoms with E-state index in [1.165, 1.54) is 11.1 Å². The second-order valence-electron chi connectivity index (χ2n) is 4.95. The molecule has 18 heavy (non-hydrogen) atoms. The van der Waals surface area contributed by atoms with Crippen molar-refractivity contribution < 1.29 is 5.11 Å². The van der Waals surface area contributed by atoms with Crippen molar-refractivity contribution >= 4 is 11.6 Å². The number of aromatic nitrogens is 1. The summed E-state index contributed by atoms with van der Waals surface area (Å²) in [4.78, 5) is 0. The number of nitrogens with zero attached hydrogens (tertiary/aromatic N) is 1. The molecule has 2 aromatic rings. The maximum atomic E-state index is 9.95. The predicted molar refractivity (Wildman–Crippen MR) is 72.9 cm³/mol. The van der Waals surface area contributed by atoms with Gasteiger partial charge in [0.15, 0.2) is 0 Å². The Hall–Kier alpha value is -1.25. The highest BCUT2D eigenvalue weighted by atomic mass is 35.5. The minimum atomic E-state index is -0.283. The van der Waals surface area contributed by atoms with E-state index in [4.69, 9.17) is 11.6 Å². The van der Waals surface area contributed by atoms with Crippen LogP contribution in [0, 0.1) is 0 Å². The van der Waals surface area contributed by atoms with Crippen LogP contribution >= 0.6 is 11.6 Å². The number of aryl methyl sites for hydroxylation is 1. The molecular weight excluding hydrogens is 246 g/mol. The standard InChI is InChI=1S/C15H16ClNO/c16-13-5-1-3-11(7-13)8-17-9-12-4-2-6-15(18)14(12)10-17/h1,3,5,7,9-10,15,18H,2,4,6,8H2. The molecule has 1 aromatic carbocycles. The number of rotatable bonds is 2. The Labute approximate surface area is 112 Å². The lowest BCUT2D eigenvalue weighted by Crippen LogP contribution is -2.05. The summed E-state index contributed by atoms with van der Waals surface area (Å²) in [5.74, 6) is 0. The number of aliphatic hydroxyl groups excluding tert-OH is 1. The third kappa shape index (κ3) is 2.31. The molecule has 0 spiro atoms. The lowest BCUT2D eigenvalue weighted by atomic mass is 9.93. The summed E-state index contributed by atoms with van der Waals surface area (Å²) in [6.07, 6.45) is 6.98. The quantitative estimate of drug-likeness (QED) is 0.879. The molecule has 1 unspecified atom stereocenters. The highest BCUT2D eigenvalue weighted by Crippen LogP contribution is 2.30. The molecule has 1 heterocycles. The average Bonchev–Trinajstić information content (AvgIpc) is 2.73. The fourth-order valence-electron chi connectivity index (χ4n) is 2.66. The van der Waals surface area contributed by atoms with Crippen LogP contribution in [0.15, 0.2) is 36.7 Å². The second-order valence-corrected chi connectivity index (χ2v) is 5.39. The van der Waals surface area contributed by atoms with Crippen molar-refractivity contribution in [2.75, 3.05) is 0 Å². The maximum absolute atomic E-state index is 9.95. The van der Waals surface area contributed by atoms with Gasteiger partial charge >= 0.3 is 0 Å². The average molecular weight is 262 g/mol. The van der Waals surface area contributed by atoms with Gasteiger partial charge in [0.05, 0.1) is 6.10 Å². The Balaban J connectivity index is 1.85. The molecule has 0 fully saturated rings. The highest BCUT2D eigenvalue weighted by molar-refractivity contribution is 6.30. The van der Waals surface area contributed by atoms with Crippen LogP contribution in [-0.4, -0.2) is 9.67 Å². The van der Waals surface area contributed by atoms with Crippen LogP contribution in [-0.2, 0) is 13.0 Å². The van der Waals surface area contributed by atoms with Gasteiger partial charge in [-0.3, -0.25) is 0 Å². The van der Waals surface area contributed by atoms with Gasteiger partial charge < -0.3 is 9.67 Å². The van der Waals surface area contributed by atoms with E-state index in [2.05, 4.69) is 23.0 Å². The third-order valence-corrected chi connectivity index (χ3v) is 3.77. The molecule has 1 aliphatic carbocycles. The number of halogens is 1. The summed E-state index contributed by atoms with van der Waals surface area (Å²) < 4.78 is 2.14. The van der Waals surface area contributed by atoms with Gasteiger partial charge in [-0.15, -0.1) is 0 Å². The molecule has 1 N–H and O–H groups in total. The topological polar surface area (TPSA) is 25.2 Å². The van der Waals surface area contributed by atoms with Gasteiger partial charge in [0.25, 0.3) is 0 Å². The van der Waals surface area contributed by atoms with E-state index in [0.717, 1.165) is 36.4 Å². The van der Waals surface area contributed by atoms with Crippen molar-refractivity contribution in [2.45, 2.75) is 31.9 Å². The molecule has 2 nitrogen and oxygen atoms in total. The normalized spacial score (nSPS) is 18.7. The van der Waals surface area contributed by atoms with Gasteiger partial charge in [-0.05, 0) is 42.5 Å². The van der Waals surface area contributed by atoms with Gasteiger partial charge in [-0.2, -0.15) is 0 Å². The zero-order chi connectivity index (χ0) is 12.5. The van der Waals surface area contributed by atoms with E-state index >= 15 is 0 Å². The number of aliphatic hydroxyl groups is 1. The van der Waals surface area contributed by atoms with E-state index < -0.39 is 0 Å². The molecule has 94 valence electrons. The Kier molecular flexibility index (Phi) is 3.14. The first-order valence-corrected chi connectivity index (χ1v) is 6.71. The van der Waals surface area contributed by atoms with E-state index in [-0.39, 0.29) is 6.10 Å². The summed E-state index contributed by atoms with van der Waals surface area (Å²) in [5, 5.41) is 10.7. The molecule has 0 saturated heterocycles. The maximum Gasteiger partial charge on any atom is 0.0807 e. The van der Waals surface area contributed by atoms with Crippen LogP contribution in [0.5, 0.6) is 0 Å². The number of benzene rings is 1. The summed E-state index contributed by atoms with van der Waals surface area (Å²) in [6.45, 7) is 0.806. The van der Waals surface area contributed by atoms with E-state index in [9.17, 15) is 5.11 Å². The first-order valence-electron chi connectivity index (χ1n) is 6.33. The van der Waals surface area contributed by atoms with Crippen LogP contribution in [0.1, 0.15) is 35.6 Å². The Morgan fingerprint density at radius 2 is 2.22 bits per heavy atom. The minimum absolute atomic E-state index is 0.283. The molecule has 1 aliphatic rings. The fourth-order valence-corrected chi connectivity index (χ4v) is 2.87. The first-order chi connectivity index (χ1) is 8.72. The van der Waals surface area contributed by atoms with Gasteiger partial charge in [0.2, 0.25) is 0 Å². The van der Waals surface area contributed by atoms with Crippen molar-refractivity contribution in [3.8, 4) is 0 Å². The number of fused-ring (bicyclic) bond motifs is 1. The van der Waals surface area contributed by atoms with Crippen molar-refractivity contribution in [3.63, 3.8) is 0 Å². The molecular formula is C15H16ClNO. The lowest BCUT2D eigenvalue weighted by molar-refractivity contribution is 0.157. The van der Waals surface area contributed by atoms with Gasteiger partial charge in [-0.25, -0.2) is 0 Å². The third-order valence-electron chi connectivity index (χ3n) is 3.53. The zero-order valence-electron chi connectivity index (χ0n) is 10.1. The van der Waals surface area contributed by atoms with E-state index in [1.54, 1.807) is 0 Å². The molecule has 3 heteroatoms. The predicted octanol–water partition coefficient (Wildman–Crippen LogP) is 3.56. The number of hydrogen-bond acceptors (Lipinski definition) is 1. The monoisotopic (exact) mass is 261 g/mol. The summed E-state index contributed by atoms with van der Waals surface area (Å²) in [7, 11) is 0. The lowest BCUT2D eigenvalue weighted by Gasteiger charge is -2.16. The molecule has 3 rings (SSSR count). The summed E-state index contributed by atoms with van der Waals surface area (Å²) in [5.41, 5.74) is 3.57. The molecule has 1 atom stereocenters. The first kappa shape index (κ1) is 11.8. The summed E-state index contributed by atoms with van der Waals surface area (Å²) >= 11 is 5.99. The Morgan fingerprint density at radius 3 is 3.00 bits per heavy atom. The molecule has 0 bridgehead atoms. The molecule has 0 amide bonds. The SMILES string of the molecule is OC1CCCc2cn(Cc3cccc(Cl)c3)cc21. The summed E-state index contributed by atoms with van der Waals surface area (Å²) in [6, 6.07) is 7.91. The Bertz CT molecular complexity index is 561. The van der Waals surface area contributed by atoms with Crippen LogP contribution in [0.2, 0.25) is 5.02 Å². The van der Waals surface area contributed by atoms with Gasteiger partial charge in [0.1, 0.15) is 0 Å². The van der Waals surface area contributed by atoms with Crippen molar-refractivity contribution in [3.05, 3.63) is 58.4 Å². The molecule has 1 aromatic heterocycles. The largest absolute Gasteiger partial charge is 0.388 e. The Morgan fingerprint density at radius 1 is 1.33 bits per heavy atom. The smallest absolute Gasteiger partial charge is 0.0807 e. The van der Waals surface area contributed by atoms with E-state index in [0.29, 0.717) is 0 Å². The second kappa shape index (κ2) is 4.79. The van der Waals surface area contributed by atoms with Crippen molar-refractivity contribution in [1.82, 2.24) is 4.57 Å². The van der Waals surface area contributed by atoms with Gasteiger partial charge in [-0.1, -0.05) is 23.7 Å². The minimum Gasteiger partial charge on any atom is -0.388 e. The number of hydrogen-bond donors (Lipinski definition) is 1. The van der Waals surface area contributed by atoms with Crippen molar-refractivity contribution in [1.29, 1.82) is 0 Å². The van der Waals surface area contributed by atoms with Crippen LogP contribution in [0.25, 0.3) is 0 Å². The van der Waals surface area contributed by atoms with Crippen LogP contribution < -0.4 is 0 Å². The van der Waals surface area contributed by atoms with E-state index in [1.807, 2.05) is 18.2 Å². The van der Waals surface area contributed by atoms with Crippen LogP contribution in [0.3, 0.4) is 0 Å². The zero-order valence-corrected chi connectivity index (χ0v) is 10.9. The molecule has 0 saturated carbocycles. The molecule has 0 radical (unpaired) electrons. The molecule has 0 aliphatic heterocycles. The van der Waals surface area contributed by atoms with Crippen molar-refractivity contribution in [2.24, 2.45) is 0 Å². The highest BCUT2D eigenvalue weighted by Gasteiger charge is 2.19. The van der Waals surface area contributed by atoms with Crippen LogP contribution in [0.4, 0.5) is 0 Å². The fraction of sp³-hybridized carbons (Fsp3) is 0.333.